The lowest BCUT2D eigenvalue weighted by atomic mass is 9.86. The van der Waals surface area contributed by atoms with Crippen LogP contribution in [-0.2, 0) is 16.8 Å². The maximum atomic E-state index is 12.3. The molecule has 4 rings (SSSR count). The number of anilines is 1. The van der Waals surface area contributed by atoms with Gasteiger partial charge in [0.25, 0.3) is 5.91 Å². The van der Waals surface area contributed by atoms with Gasteiger partial charge in [0.05, 0.1) is 12.0 Å². The zero-order chi connectivity index (χ0) is 16.9. The summed E-state index contributed by atoms with van der Waals surface area (Å²) >= 11 is 0. The molecule has 0 radical (unpaired) electrons. The first kappa shape index (κ1) is 14.9. The zero-order valence-electron chi connectivity index (χ0n) is 13.5. The average Bonchev–Trinajstić information content (AvgIpc) is 3.25. The fraction of sp³-hybridized carbons (Fsp3) is 0.412. The number of hydrogen-bond acceptors (Lipinski definition) is 5. The van der Waals surface area contributed by atoms with E-state index in [1.807, 2.05) is 19.9 Å². The standard InChI is InChI=1S/C17H18N4O3/c1-17(2)11-6-5-10(7-12(11)19-16(17)23)14(22)18-8-13-20-21-15(24-13)9-3-4-9/h5-7,9H,3-4,8H2,1-2H3,(H,18,22)(H,19,23). The molecular weight excluding hydrogens is 308 g/mol. The van der Waals surface area contributed by atoms with Crippen molar-refractivity contribution in [3.05, 3.63) is 41.1 Å². The topological polar surface area (TPSA) is 97.1 Å². The number of hydrogen-bond donors (Lipinski definition) is 2. The minimum atomic E-state index is -0.576. The van der Waals surface area contributed by atoms with Gasteiger partial charge in [-0.15, -0.1) is 10.2 Å². The highest BCUT2D eigenvalue weighted by Gasteiger charge is 2.38. The van der Waals surface area contributed by atoms with E-state index in [0.29, 0.717) is 29.0 Å². The van der Waals surface area contributed by atoms with Crippen LogP contribution in [0.15, 0.2) is 22.6 Å². The molecule has 24 heavy (non-hydrogen) atoms. The van der Waals surface area contributed by atoms with Crippen LogP contribution in [0.2, 0.25) is 0 Å². The number of carbonyl (C=O) groups excluding carboxylic acids is 2. The van der Waals surface area contributed by atoms with Crippen LogP contribution < -0.4 is 10.6 Å². The summed E-state index contributed by atoms with van der Waals surface area (Å²) in [6, 6.07) is 5.24. The number of rotatable bonds is 4. The van der Waals surface area contributed by atoms with Gasteiger partial charge in [-0.2, -0.15) is 0 Å². The van der Waals surface area contributed by atoms with Gasteiger partial charge in [-0.25, -0.2) is 0 Å². The highest BCUT2D eigenvalue weighted by atomic mass is 16.4. The number of aromatic nitrogens is 2. The van der Waals surface area contributed by atoms with E-state index in [1.165, 1.54) is 0 Å². The largest absolute Gasteiger partial charge is 0.423 e. The Bertz CT molecular complexity index is 836. The predicted octanol–water partition coefficient (Wildman–Crippen LogP) is 2.11. The van der Waals surface area contributed by atoms with E-state index in [2.05, 4.69) is 20.8 Å². The molecule has 2 N–H and O–H groups in total. The summed E-state index contributed by atoms with van der Waals surface area (Å²) in [5.74, 6) is 1.14. The Labute approximate surface area is 138 Å². The molecule has 1 saturated carbocycles. The van der Waals surface area contributed by atoms with Crippen LogP contribution in [0.4, 0.5) is 5.69 Å². The maximum Gasteiger partial charge on any atom is 0.251 e. The third-order valence-corrected chi connectivity index (χ3v) is 4.58. The second kappa shape index (κ2) is 5.15. The molecule has 1 aliphatic heterocycles. The lowest BCUT2D eigenvalue weighted by molar-refractivity contribution is -0.119. The Morgan fingerprint density at radius 2 is 2.17 bits per heavy atom. The van der Waals surface area contributed by atoms with E-state index in [-0.39, 0.29) is 18.4 Å². The molecule has 1 fully saturated rings. The molecule has 7 nitrogen and oxygen atoms in total. The molecule has 2 heterocycles. The minimum Gasteiger partial charge on any atom is -0.423 e. The van der Waals surface area contributed by atoms with Gasteiger partial charge in [0.1, 0.15) is 0 Å². The van der Waals surface area contributed by atoms with Crippen molar-refractivity contribution in [2.45, 2.75) is 44.6 Å². The van der Waals surface area contributed by atoms with E-state index in [9.17, 15) is 9.59 Å². The van der Waals surface area contributed by atoms with Crippen molar-refractivity contribution in [2.24, 2.45) is 0 Å². The van der Waals surface area contributed by atoms with Crippen molar-refractivity contribution in [1.82, 2.24) is 15.5 Å². The van der Waals surface area contributed by atoms with Crippen LogP contribution in [-0.4, -0.2) is 22.0 Å². The van der Waals surface area contributed by atoms with Gasteiger partial charge in [-0.05, 0) is 44.4 Å². The van der Waals surface area contributed by atoms with Crippen LogP contribution in [0.3, 0.4) is 0 Å². The maximum absolute atomic E-state index is 12.3. The smallest absolute Gasteiger partial charge is 0.251 e. The number of benzene rings is 1. The molecule has 124 valence electrons. The van der Waals surface area contributed by atoms with Gasteiger partial charge >= 0.3 is 0 Å². The van der Waals surface area contributed by atoms with Gasteiger partial charge < -0.3 is 15.1 Å². The van der Waals surface area contributed by atoms with Crippen molar-refractivity contribution >= 4 is 17.5 Å². The Balaban J connectivity index is 1.45. The van der Waals surface area contributed by atoms with Crippen LogP contribution in [0.25, 0.3) is 0 Å². The van der Waals surface area contributed by atoms with Crippen LogP contribution >= 0.6 is 0 Å². The van der Waals surface area contributed by atoms with Crippen molar-refractivity contribution in [1.29, 1.82) is 0 Å². The van der Waals surface area contributed by atoms with Crippen LogP contribution in [0.5, 0.6) is 0 Å². The molecule has 2 aliphatic rings. The molecule has 0 unspecified atom stereocenters. The molecule has 1 aromatic carbocycles. The summed E-state index contributed by atoms with van der Waals surface area (Å²) in [5.41, 5.74) is 1.49. The van der Waals surface area contributed by atoms with Gasteiger partial charge in [0, 0.05) is 17.2 Å². The van der Waals surface area contributed by atoms with Gasteiger partial charge in [-0.3, -0.25) is 9.59 Å². The Morgan fingerprint density at radius 3 is 2.92 bits per heavy atom. The quantitative estimate of drug-likeness (QED) is 0.897. The van der Waals surface area contributed by atoms with Crippen molar-refractivity contribution in [3.8, 4) is 0 Å². The highest BCUT2D eigenvalue weighted by molar-refractivity contribution is 6.07. The fourth-order valence-electron chi connectivity index (χ4n) is 2.83. The molecule has 1 aliphatic carbocycles. The minimum absolute atomic E-state index is 0.0616. The number of carbonyl (C=O) groups is 2. The van der Waals surface area contributed by atoms with E-state index < -0.39 is 5.41 Å². The van der Waals surface area contributed by atoms with E-state index in [0.717, 1.165) is 18.4 Å². The monoisotopic (exact) mass is 326 g/mol. The third kappa shape index (κ3) is 2.46. The second-order valence-corrected chi connectivity index (χ2v) is 6.83. The van der Waals surface area contributed by atoms with Crippen molar-refractivity contribution in [3.63, 3.8) is 0 Å². The molecule has 0 bridgehead atoms. The number of fused-ring (bicyclic) bond motifs is 1. The number of nitrogens with one attached hydrogen (secondary N) is 2. The average molecular weight is 326 g/mol. The number of amides is 2. The Hall–Kier alpha value is -2.70. The Kier molecular flexibility index (Phi) is 3.19. The lowest BCUT2D eigenvalue weighted by Gasteiger charge is -2.14. The first-order valence-electron chi connectivity index (χ1n) is 8.01. The third-order valence-electron chi connectivity index (χ3n) is 4.58. The lowest BCUT2D eigenvalue weighted by Crippen LogP contribution is -2.26. The fourth-order valence-corrected chi connectivity index (χ4v) is 2.83. The first-order chi connectivity index (χ1) is 11.4. The van der Waals surface area contributed by atoms with Crippen molar-refractivity contribution < 1.29 is 14.0 Å². The van der Waals surface area contributed by atoms with E-state index >= 15 is 0 Å². The van der Waals surface area contributed by atoms with Gasteiger partial charge in [-0.1, -0.05) is 6.07 Å². The van der Waals surface area contributed by atoms with Gasteiger partial charge in [0.2, 0.25) is 17.7 Å². The van der Waals surface area contributed by atoms with E-state index in [1.54, 1.807) is 12.1 Å². The predicted molar refractivity (Wildman–Crippen MR) is 85.5 cm³/mol. The molecule has 1 aromatic heterocycles. The molecular formula is C17H18N4O3. The SMILES string of the molecule is CC1(C)C(=O)Nc2cc(C(=O)NCc3nnc(C4CC4)o3)ccc21. The van der Waals surface area contributed by atoms with Crippen molar-refractivity contribution in [2.75, 3.05) is 5.32 Å². The Morgan fingerprint density at radius 1 is 1.38 bits per heavy atom. The summed E-state index contributed by atoms with van der Waals surface area (Å²) in [4.78, 5) is 24.3. The summed E-state index contributed by atoms with van der Waals surface area (Å²) in [6.45, 7) is 3.91. The van der Waals surface area contributed by atoms with Crippen LogP contribution in [0, 0.1) is 0 Å². The first-order valence-corrected chi connectivity index (χ1v) is 8.01. The summed E-state index contributed by atoms with van der Waals surface area (Å²) in [7, 11) is 0. The molecule has 0 atom stereocenters. The summed E-state index contributed by atoms with van der Waals surface area (Å²) < 4.78 is 5.52. The van der Waals surface area contributed by atoms with Gasteiger partial charge in [0.15, 0.2) is 0 Å². The summed E-state index contributed by atoms with van der Waals surface area (Å²) in [5, 5.41) is 13.5. The molecule has 2 amide bonds. The second-order valence-electron chi connectivity index (χ2n) is 6.83. The molecule has 0 spiro atoms. The molecule has 2 aromatic rings. The normalized spacial score (nSPS) is 18.2. The zero-order valence-corrected chi connectivity index (χ0v) is 13.5. The molecule has 0 saturated heterocycles. The number of nitrogens with zero attached hydrogens (tertiary/aromatic N) is 2. The highest BCUT2D eigenvalue weighted by Crippen LogP contribution is 2.39. The summed E-state index contributed by atoms with van der Waals surface area (Å²) in [6.07, 6.45) is 2.18. The van der Waals surface area contributed by atoms with E-state index in [4.69, 9.17) is 4.42 Å². The van der Waals surface area contributed by atoms with Crippen LogP contribution in [0.1, 0.15) is 60.3 Å². The molecule has 7 heteroatoms.